The Morgan fingerprint density at radius 2 is 1.77 bits per heavy atom. The first kappa shape index (κ1) is 24.9. The number of carboxylic acid groups (broad SMARTS) is 1. The summed E-state index contributed by atoms with van der Waals surface area (Å²) in [6, 6.07) is 17.8. The van der Waals surface area contributed by atoms with E-state index >= 15 is 0 Å². The smallest absolute Gasteiger partial charge is 0.309 e. The van der Waals surface area contributed by atoms with E-state index in [9.17, 15) is 13.6 Å². The summed E-state index contributed by atoms with van der Waals surface area (Å²) in [7, 11) is 0. The van der Waals surface area contributed by atoms with Gasteiger partial charge in [0.2, 0.25) is 0 Å². The van der Waals surface area contributed by atoms with Gasteiger partial charge in [0.25, 0.3) is 0 Å². The molecule has 1 N–H and O–H groups in total. The molecular formula is C29H31F2NO3. The number of hydrogen-bond acceptors (Lipinski definition) is 3. The fourth-order valence-corrected chi connectivity index (χ4v) is 4.55. The second-order valence-corrected chi connectivity index (χ2v) is 9.43. The molecule has 1 heterocycles. The van der Waals surface area contributed by atoms with E-state index in [1.807, 2.05) is 50.2 Å². The number of nitrogens with zero attached hydrogens (tertiary/aromatic N) is 1. The number of aliphatic carboxylic acids is 1. The Hall–Kier alpha value is -3.25. The van der Waals surface area contributed by atoms with Crippen LogP contribution < -0.4 is 4.74 Å². The minimum Gasteiger partial charge on any atom is -0.494 e. The van der Waals surface area contributed by atoms with Crippen molar-refractivity contribution in [1.82, 2.24) is 4.90 Å². The third-order valence-electron chi connectivity index (χ3n) is 6.81. The van der Waals surface area contributed by atoms with Crippen molar-refractivity contribution in [2.75, 3.05) is 19.7 Å². The minimum absolute atomic E-state index is 0.188. The highest BCUT2D eigenvalue weighted by Crippen LogP contribution is 2.32. The van der Waals surface area contributed by atoms with E-state index in [0.717, 1.165) is 35.1 Å². The molecule has 0 spiro atoms. The van der Waals surface area contributed by atoms with Gasteiger partial charge >= 0.3 is 5.97 Å². The third-order valence-corrected chi connectivity index (χ3v) is 6.81. The molecule has 1 unspecified atom stereocenters. The van der Waals surface area contributed by atoms with Crippen LogP contribution in [0.5, 0.6) is 5.75 Å². The van der Waals surface area contributed by atoms with Gasteiger partial charge in [0.1, 0.15) is 17.4 Å². The van der Waals surface area contributed by atoms with E-state index in [1.165, 1.54) is 11.6 Å². The lowest BCUT2D eigenvalue weighted by Gasteiger charge is -2.36. The minimum atomic E-state index is -0.730. The standard InChI is InChI=1S/C29H31F2NO3/c1-19-5-8-22(14-20(19)2)26(27-12-9-24(30)15-28(27)31)4-3-13-35-25-10-6-21(7-11-25)16-32-17-23(18-32)29(33)34/h5-12,14-15,23,26H,3-4,13,16-18H2,1-2H3,(H,33,34). The first-order valence-electron chi connectivity index (χ1n) is 12.0. The molecular weight excluding hydrogens is 448 g/mol. The molecule has 0 saturated carbocycles. The Balaban J connectivity index is 1.33. The molecule has 1 atom stereocenters. The van der Waals surface area contributed by atoms with Gasteiger partial charge in [0.15, 0.2) is 0 Å². The Morgan fingerprint density at radius 1 is 1.03 bits per heavy atom. The van der Waals surface area contributed by atoms with Gasteiger partial charge in [0.05, 0.1) is 12.5 Å². The van der Waals surface area contributed by atoms with Crippen LogP contribution in [0.2, 0.25) is 0 Å². The summed E-state index contributed by atoms with van der Waals surface area (Å²) in [5.41, 5.74) is 4.94. The van der Waals surface area contributed by atoms with E-state index in [-0.39, 0.29) is 11.8 Å². The molecule has 184 valence electrons. The second-order valence-electron chi connectivity index (χ2n) is 9.43. The van der Waals surface area contributed by atoms with E-state index in [1.54, 1.807) is 6.07 Å². The lowest BCUT2D eigenvalue weighted by Crippen LogP contribution is -2.49. The molecule has 3 aromatic rings. The van der Waals surface area contributed by atoms with Crippen LogP contribution in [0, 0.1) is 31.4 Å². The summed E-state index contributed by atoms with van der Waals surface area (Å²) in [6.07, 6.45) is 1.38. The highest BCUT2D eigenvalue weighted by Gasteiger charge is 2.32. The van der Waals surface area contributed by atoms with Gasteiger partial charge < -0.3 is 9.84 Å². The van der Waals surface area contributed by atoms with E-state index in [0.29, 0.717) is 38.1 Å². The maximum Gasteiger partial charge on any atom is 0.309 e. The molecule has 1 aliphatic rings. The molecule has 3 aromatic carbocycles. The summed E-state index contributed by atoms with van der Waals surface area (Å²) in [5.74, 6) is -1.52. The number of ether oxygens (including phenoxy) is 1. The van der Waals surface area contributed by atoms with Crippen LogP contribution in [0.3, 0.4) is 0 Å². The maximum absolute atomic E-state index is 14.7. The van der Waals surface area contributed by atoms with E-state index < -0.39 is 17.6 Å². The van der Waals surface area contributed by atoms with Crippen molar-refractivity contribution < 1.29 is 23.4 Å². The predicted octanol–water partition coefficient (Wildman–Crippen LogP) is 6.09. The van der Waals surface area contributed by atoms with Crippen molar-refractivity contribution in [3.63, 3.8) is 0 Å². The van der Waals surface area contributed by atoms with Gasteiger partial charge in [0, 0.05) is 31.6 Å². The van der Waals surface area contributed by atoms with Gasteiger partial charge in [-0.25, -0.2) is 8.78 Å². The lowest BCUT2D eigenvalue weighted by atomic mass is 9.86. The highest BCUT2D eigenvalue weighted by molar-refractivity contribution is 5.71. The number of benzene rings is 3. The molecule has 1 saturated heterocycles. The number of carboxylic acids is 1. The van der Waals surface area contributed by atoms with Gasteiger partial charge in [-0.2, -0.15) is 0 Å². The van der Waals surface area contributed by atoms with Crippen molar-refractivity contribution in [3.8, 4) is 5.75 Å². The molecule has 4 nitrogen and oxygen atoms in total. The topological polar surface area (TPSA) is 49.8 Å². The first-order valence-corrected chi connectivity index (χ1v) is 12.0. The van der Waals surface area contributed by atoms with Crippen molar-refractivity contribution in [2.24, 2.45) is 5.92 Å². The zero-order valence-electron chi connectivity index (χ0n) is 20.1. The SMILES string of the molecule is Cc1ccc(C(CCCOc2ccc(CN3CC(C(=O)O)C3)cc2)c2ccc(F)cc2F)cc1C. The monoisotopic (exact) mass is 479 g/mol. The van der Waals surface area contributed by atoms with Crippen LogP contribution >= 0.6 is 0 Å². The Kier molecular flexibility index (Phi) is 7.81. The van der Waals surface area contributed by atoms with Crippen LogP contribution in [0.1, 0.15) is 46.6 Å². The normalized spacial score (nSPS) is 15.0. The lowest BCUT2D eigenvalue weighted by molar-refractivity contribution is -0.147. The van der Waals surface area contributed by atoms with Crippen LogP contribution in [-0.2, 0) is 11.3 Å². The number of halogens is 2. The second kappa shape index (κ2) is 11.0. The van der Waals surface area contributed by atoms with E-state index in [4.69, 9.17) is 9.84 Å². The van der Waals surface area contributed by atoms with Crippen molar-refractivity contribution in [2.45, 2.75) is 39.2 Å². The number of rotatable bonds is 10. The molecule has 0 radical (unpaired) electrons. The van der Waals surface area contributed by atoms with Gasteiger partial charge in [-0.15, -0.1) is 0 Å². The summed E-state index contributed by atoms with van der Waals surface area (Å²) in [5, 5.41) is 8.99. The predicted molar refractivity (Wildman–Crippen MR) is 132 cm³/mol. The molecule has 6 heteroatoms. The van der Waals surface area contributed by atoms with Crippen LogP contribution in [0.4, 0.5) is 8.78 Å². The van der Waals surface area contributed by atoms with Gasteiger partial charge in [-0.05, 0) is 72.7 Å². The van der Waals surface area contributed by atoms with Crippen LogP contribution in [0.25, 0.3) is 0 Å². The quantitative estimate of drug-likeness (QED) is 0.358. The summed E-state index contributed by atoms with van der Waals surface area (Å²) in [6.45, 7) is 6.47. The van der Waals surface area contributed by atoms with Gasteiger partial charge in [-0.3, -0.25) is 9.69 Å². The van der Waals surface area contributed by atoms with Crippen LogP contribution in [0.15, 0.2) is 60.7 Å². The maximum atomic E-state index is 14.7. The molecule has 0 aliphatic carbocycles. The Bertz CT molecular complexity index is 1170. The molecule has 0 amide bonds. The number of likely N-dealkylation sites (tertiary alicyclic amines) is 1. The molecule has 0 bridgehead atoms. The summed E-state index contributed by atoms with van der Waals surface area (Å²) >= 11 is 0. The number of aryl methyl sites for hydroxylation is 2. The van der Waals surface area contributed by atoms with Crippen molar-refractivity contribution in [1.29, 1.82) is 0 Å². The Morgan fingerprint density at radius 3 is 2.43 bits per heavy atom. The van der Waals surface area contributed by atoms with Crippen molar-refractivity contribution >= 4 is 5.97 Å². The average Bonchev–Trinajstić information content (AvgIpc) is 2.79. The molecule has 4 rings (SSSR count). The van der Waals surface area contributed by atoms with Crippen LogP contribution in [-0.4, -0.2) is 35.7 Å². The molecule has 0 aromatic heterocycles. The number of hydrogen-bond donors (Lipinski definition) is 1. The fraction of sp³-hybridized carbons (Fsp3) is 0.345. The zero-order chi connectivity index (χ0) is 24.9. The molecule has 35 heavy (non-hydrogen) atoms. The molecule has 1 fully saturated rings. The summed E-state index contributed by atoms with van der Waals surface area (Å²) in [4.78, 5) is 13.0. The third kappa shape index (κ3) is 6.25. The number of carbonyl (C=O) groups is 1. The first-order chi connectivity index (χ1) is 16.8. The zero-order valence-corrected chi connectivity index (χ0v) is 20.1. The Labute approximate surface area is 205 Å². The highest BCUT2D eigenvalue weighted by atomic mass is 19.1. The van der Waals surface area contributed by atoms with E-state index in [2.05, 4.69) is 11.0 Å². The van der Waals surface area contributed by atoms with Crippen molar-refractivity contribution in [3.05, 3.63) is 100 Å². The summed E-state index contributed by atoms with van der Waals surface area (Å²) < 4.78 is 34.1. The fourth-order valence-electron chi connectivity index (χ4n) is 4.55. The molecule has 1 aliphatic heterocycles. The average molecular weight is 480 g/mol. The largest absolute Gasteiger partial charge is 0.494 e. The van der Waals surface area contributed by atoms with Gasteiger partial charge in [-0.1, -0.05) is 36.4 Å².